The quantitative estimate of drug-likeness (QED) is 0.902. The molecule has 0 bridgehead atoms. The molecule has 1 fully saturated rings. The highest BCUT2D eigenvalue weighted by atomic mass is 16.5. The summed E-state index contributed by atoms with van der Waals surface area (Å²) in [6, 6.07) is 8.91. The van der Waals surface area contributed by atoms with Crippen molar-refractivity contribution in [2.45, 2.75) is 46.2 Å². The van der Waals surface area contributed by atoms with Gasteiger partial charge in [0.25, 0.3) is 0 Å². The summed E-state index contributed by atoms with van der Waals surface area (Å²) in [7, 11) is 0. The summed E-state index contributed by atoms with van der Waals surface area (Å²) in [5.74, 6) is 2.44. The molecule has 1 heterocycles. The zero-order chi connectivity index (χ0) is 15.4. The van der Waals surface area contributed by atoms with Crippen molar-refractivity contribution in [2.75, 3.05) is 19.7 Å². The van der Waals surface area contributed by atoms with E-state index in [0.717, 1.165) is 30.7 Å². The first-order valence-corrected chi connectivity index (χ1v) is 8.23. The van der Waals surface area contributed by atoms with Crippen LogP contribution in [0, 0.1) is 11.8 Å². The molecule has 0 aromatic heterocycles. The Morgan fingerprint density at radius 1 is 1.24 bits per heavy atom. The number of piperidine rings is 1. The van der Waals surface area contributed by atoms with Crippen LogP contribution in [0.15, 0.2) is 24.3 Å². The fourth-order valence-corrected chi connectivity index (χ4v) is 3.41. The third-order valence-corrected chi connectivity index (χ3v) is 4.77. The number of likely N-dealkylation sites (tertiary alicyclic amines) is 1. The van der Waals surface area contributed by atoms with E-state index in [9.17, 15) is 0 Å². The highest BCUT2D eigenvalue weighted by Gasteiger charge is 2.29. The van der Waals surface area contributed by atoms with Gasteiger partial charge in [-0.05, 0) is 49.8 Å². The van der Waals surface area contributed by atoms with E-state index < -0.39 is 0 Å². The molecular formula is C18H30N2O. The third-order valence-electron chi connectivity index (χ3n) is 4.77. The maximum atomic E-state index is 6.42. The molecule has 0 amide bonds. The molecule has 21 heavy (non-hydrogen) atoms. The fourth-order valence-electron chi connectivity index (χ4n) is 3.41. The number of benzene rings is 1. The molecule has 3 nitrogen and oxygen atoms in total. The molecule has 4 atom stereocenters. The van der Waals surface area contributed by atoms with Gasteiger partial charge in [0.2, 0.25) is 0 Å². The minimum Gasteiger partial charge on any atom is -0.494 e. The summed E-state index contributed by atoms with van der Waals surface area (Å²) >= 11 is 0. The van der Waals surface area contributed by atoms with Crippen molar-refractivity contribution in [3.05, 3.63) is 29.8 Å². The van der Waals surface area contributed by atoms with E-state index in [0.29, 0.717) is 12.6 Å². The SMILES string of the molecule is CCOc1ccc(C(N)CN2CC(C)CC(C)C2C)cc1. The van der Waals surface area contributed by atoms with Crippen molar-refractivity contribution >= 4 is 0 Å². The molecule has 0 radical (unpaired) electrons. The number of ether oxygens (including phenoxy) is 1. The first-order valence-electron chi connectivity index (χ1n) is 8.23. The van der Waals surface area contributed by atoms with Crippen LogP contribution in [-0.2, 0) is 0 Å². The zero-order valence-corrected chi connectivity index (χ0v) is 13.9. The van der Waals surface area contributed by atoms with Crippen LogP contribution in [0.3, 0.4) is 0 Å². The lowest BCUT2D eigenvalue weighted by Crippen LogP contribution is -2.48. The van der Waals surface area contributed by atoms with Gasteiger partial charge in [0, 0.05) is 25.2 Å². The van der Waals surface area contributed by atoms with Gasteiger partial charge in [0.05, 0.1) is 6.61 Å². The molecule has 0 spiro atoms. The van der Waals surface area contributed by atoms with Crippen molar-refractivity contribution in [1.82, 2.24) is 4.90 Å². The second-order valence-corrected chi connectivity index (χ2v) is 6.62. The van der Waals surface area contributed by atoms with Crippen LogP contribution in [0.25, 0.3) is 0 Å². The number of hydrogen-bond donors (Lipinski definition) is 1. The van der Waals surface area contributed by atoms with Gasteiger partial charge in [0.1, 0.15) is 5.75 Å². The van der Waals surface area contributed by atoms with Gasteiger partial charge < -0.3 is 10.5 Å². The molecule has 1 aliphatic heterocycles. The lowest BCUT2D eigenvalue weighted by molar-refractivity contribution is 0.0742. The maximum absolute atomic E-state index is 6.42. The van der Waals surface area contributed by atoms with Crippen molar-refractivity contribution in [3.8, 4) is 5.75 Å². The summed E-state index contributed by atoms with van der Waals surface area (Å²) in [6.45, 7) is 11.8. The molecule has 0 aliphatic carbocycles. The normalized spacial score (nSPS) is 28.3. The number of nitrogens with two attached hydrogens (primary N) is 1. The lowest BCUT2D eigenvalue weighted by atomic mass is 9.85. The first kappa shape index (κ1) is 16.3. The van der Waals surface area contributed by atoms with Crippen LogP contribution in [0.5, 0.6) is 5.75 Å². The Hall–Kier alpha value is -1.06. The Balaban J connectivity index is 1.98. The summed E-state index contributed by atoms with van der Waals surface area (Å²) in [4.78, 5) is 2.56. The second-order valence-electron chi connectivity index (χ2n) is 6.62. The van der Waals surface area contributed by atoms with Crippen LogP contribution in [0.4, 0.5) is 0 Å². The first-order chi connectivity index (χ1) is 10.0. The summed E-state index contributed by atoms with van der Waals surface area (Å²) < 4.78 is 5.48. The lowest BCUT2D eigenvalue weighted by Gasteiger charge is -2.42. The minimum absolute atomic E-state index is 0.0700. The zero-order valence-electron chi connectivity index (χ0n) is 13.9. The van der Waals surface area contributed by atoms with Crippen molar-refractivity contribution < 1.29 is 4.74 Å². The average molecular weight is 290 g/mol. The summed E-state index contributed by atoms with van der Waals surface area (Å²) in [5, 5.41) is 0. The molecule has 0 saturated carbocycles. The third kappa shape index (κ3) is 4.21. The number of rotatable bonds is 5. The molecular weight excluding hydrogens is 260 g/mol. The number of nitrogens with zero attached hydrogens (tertiary/aromatic N) is 1. The van der Waals surface area contributed by atoms with Gasteiger partial charge in [-0.1, -0.05) is 26.0 Å². The molecule has 1 aromatic carbocycles. The van der Waals surface area contributed by atoms with E-state index in [-0.39, 0.29) is 6.04 Å². The molecule has 3 heteroatoms. The number of hydrogen-bond acceptors (Lipinski definition) is 3. The smallest absolute Gasteiger partial charge is 0.119 e. The predicted octanol–water partition coefficient (Wildman–Crippen LogP) is 3.45. The van der Waals surface area contributed by atoms with E-state index >= 15 is 0 Å². The Bertz CT molecular complexity index is 431. The molecule has 2 N–H and O–H groups in total. The van der Waals surface area contributed by atoms with Crippen LogP contribution in [-0.4, -0.2) is 30.6 Å². The summed E-state index contributed by atoms with van der Waals surface area (Å²) in [6.07, 6.45) is 1.33. The molecule has 118 valence electrons. The standard InChI is InChI=1S/C18H30N2O/c1-5-21-17-8-6-16(7-9-17)18(19)12-20-11-13(2)10-14(3)15(20)4/h6-9,13-15,18H,5,10-12,19H2,1-4H3. The van der Waals surface area contributed by atoms with E-state index in [1.165, 1.54) is 12.0 Å². The van der Waals surface area contributed by atoms with E-state index in [1.807, 2.05) is 19.1 Å². The van der Waals surface area contributed by atoms with E-state index in [2.05, 4.69) is 37.8 Å². The molecule has 1 saturated heterocycles. The van der Waals surface area contributed by atoms with Crippen LogP contribution < -0.4 is 10.5 Å². The monoisotopic (exact) mass is 290 g/mol. The van der Waals surface area contributed by atoms with Crippen molar-refractivity contribution in [1.29, 1.82) is 0 Å². The van der Waals surface area contributed by atoms with E-state index in [1.54, 1.807) is 0 Å². The van der Waals surface area contributed by atoms with Crippen molar-refractivity contribution in [2.24, 2.45) is 17.6 Å². The molecule has 1 aromatic rings. The maximum Gasteiger partial charge on any atom is 0.119 e. The Labute approximate surface area is 129 Å². The van der Waals surface area contributed by atoms with Gasteiger partial charge in [-0.15, -0.1) is 0 Å². The minimum atomic E-state index is 0.0700. The van der Waals surface area contributed by atoms with Gasteiger partial charge in [-0.2, -0.15) is 0 Å². The Morgan fingerprint density at radius 3 is 2.52 bits per heavy atom. The van der Waals surface area contributed by atoms with Gasteiger partial charge in [0.15, 0.2) is 0 Å². The Morgan fingerprint density at radius 2 is 1.90 bits per heavy atom. The van der Waals surface area contributed by atoms with Crippen molar-refractivity contribution in [3.63, 3.8) is 0 Å². The highest BCUT2D eigenvalue weighted by molar-refractivity contribution is 5.29. The predicted molar refractivity (Wildman–Crippen MR) is 88.5 cm³/mol. The molecule has 2 rings (SSSR count). The highest BCUT2D eigenvalue weighted by Crippen LogP contribution is 2.28. The largest absolute Gasteiger partial charge is 0.494 e. The second kappa shape index (κ2) is 7.28. The summed E-state index contributed by atoms with van der Waals surface area (Å²) in [5.41, 5.74) is 7.61. The average Bonchev–Trinajstić information content (AvgIpc) is 2.45. The van der Waals surface area contributed by atoms with Crippen LogP contribution in [0.2, 0.25) is 0 Å². The molecule has 4 unspecified atom stereocenters. The van der Waals surface area contributed by atoms with Gasteiger partial charge >= 0.3 is 0 Å². The van der Waals surface area contributed by atoms with Gasteiger partial charge in [-0.3, -0.25) is 4.90 Å². The fraction of sp³-hybridized carbons (Fsp3) is 0.667. The topological polar surface area (TPSA) is 38.5 Å². The Kier molecular flexibility index (Phi) is 5.65. The van der Waals surface area contributed by atoms with Gasteiger partial charge in [-0.25, -0.2) is 0 Å². The van der Waals surface area contributed by atoms with E-state index in [4.69, 9.17) is 10.5 Å². The van der Waals surface area contributed by atoms with Crippen LogP contribution in [0.1, 0.15) is 45.7 Å². The molecule has 1 aliphatic rings. The van der Waals surface area contributed by atoms with Crippen LogP contribution >= 0.6 is 0 Å².